The first-order valence-electron chi connectivity index (χ1n) is 6.28. The lowest BCUT2D eigenvalue weighted by Crippen LogP contribution is -2.23. The van der Waals surface area contributed by atoms with Crippen molar-refractivity contribution in [2.45, 2.75) is 33.4 Å². The first-order chi connectivity index (χ1) is 8.67. The van der Waals surface area contributed by atoms with Crippen molar-refractivity contribution in [2.75, 3.05) is 7.05 Å². The molecule has 1 atom stereocenters. The maximum Gasteiger partial charge on any atom is 0.132 e. The van der Waals surface area contributed by atoms with Crippen LogP contribution in [0.25, 0.3) is 0 Å². The van der Waals surface area contributed by atoms with E-state index in [4.69, 9.17) is 0 Å². The minimum Gasteiger partial charge on any atom is -0.334 e. The second-order valence-corrected chi connectivity index (χ2v) is 4.51. The van der Waals surface area contributed by atoms with Crippen molar-refractivity contribution in [1.29, 1.82) is 0 Å². The average Bonchev–Trinajstić information content (AvgIpc) is 2.81. The van der Waals surface area contributed by atoms with Gasteiger partial charge < -0.3 is 9.88 Å². The van der Waals surface area contributed by atoms with E-state index < -0.39 is 0 Å². The largest absolute Gasteiger partial charge is 0.334 e. The predicted molar refractivity (Wildman–Crippen MR) is 72.5 cm³/mol. The maximum absolute atomic E-state index is 4.56. The number of nitrogens with zero attached hydrogens (tertiary/aromatic N) is 3. The Labute approximate surface area is 108 Å². The quantitative estimate of drug-likeness (QED) is 0.896. The van der Waals surface area contributed by atoms with E-state index in [1.54, 1.807) is 0 Å². The molecule has 0 aliphatic carbocycles. The summed E-state index contributed by atoms with van der Waals surface area (Å²) in [6, 6.07) is 2.20. The van der Waals surface area contributed by atoms with E-state index >= 15 is 0 Å². The van der Waals surface area contributed by atoms with E-state index in [1.807, 2.05) is 25.6 Å². The van der Waals surface area contributed by atoms with Crippen LogP contribution in [-0.4, -0.2) is 21.6 Å². The predicted octanol–water partition coefficient (Wildman–Crippen LogP) is 2.22. The molecular formula is C14H20N4. The molecule has 0 aliphatic heterocycles. The Morgan fingerprint density at radius 3 is 2.72 bits per heavy atom. The van der Waals surface area contributed by atoms with Crippen LogP contribution in [0.2, 0.25) is 0 Å². The minimum atomic E-state index is 0.0422. The Balaban J connectivity index is 2.45. The molecule has 2 rings (SSSR count). The molecule has 2 aromatic heterocycles. The molecule has 2 aromatic rings. The monoisotopic (exact) mass is 244 g/mol. The molecular weight excluding hydrogens is 224 g/mol. The van der Waals surface area contributed by atoms with Crippen LogP contribution >= 0.6 is 0 Å². The first kappa shape index (κ1) is 12.8. The van der Waals surface area contributed by atoms with Gasteiger partial charge in [-0.15, -0.1) is 0 Å². The van der Waals surface area contributed by atoms with E-state index in [0.29, 0.717) is 0 Å². The van der Waals surface area contributed by atoms with Gasteiger partial charge in [-0.3, -0.25) is 4.98 Å². The van der Waals surface area contributed by atoms with Gasteiger partial charge in [0.1, 0.15) is 11.9 Å². The molecule has 18 heavy (non-hydrogen) atoms. The molecule has 0 fully saturated rings. The van der Waals surface area contributed by atoms with Gasteiger partial charge in [-0.2, -0.15) is 0 Å². The lowest BCUT2D eigenvalue weighted by Gasteiger charge is -2.18. The number of nitrogens with one attached hydrogen (secondary N) is 1. The zero-order valence-corrected chi connectivity index (χ0v) is 11.4. The Kier molecular flexibility index (Phi) is 3.77. The smallest absolute Gasteiger partial charge is 0.132 e. The molecule has 0 radical (unpaired) electrons. The fourth-order valence-electron chi connectivity index (χ4n) is 2.26. The Morgan fingerprint density at radius 2 is 2.11 bits per heavy atom. The van der Waals surface area contributed by atoms with Crippen molar-refractivity contribution in [3.05, 3.63) is 47.3 Å². The summed E-state index contributed by atoms with van der Waals surface area (Å²) in [5.74, 6) is 1.01. The molecule has 1 unspecified atom stereocenters. The van der Waals surface area contributed by atoms with Crippen molar-refractivity contribution in [3.63, 3.8) is 0 Å². The number of imidazole rings is 1. The van der Waals surface area contributed by atoms with E-state index in [-0.39, 0.29) is 6.04 Å². The molecule has 4 heteroatoms. The van der Waals surface area contributed by atoms with Crippen molar-refractivity contribution >= 4 is 0 Å². The van der Waals surface area contributed by atoms with Crippen LogP contribution in [-0.2, 0) is 6.54 Å². The summed E-state index contributed by atoms with van der Waals surface area (Å²) < 4.78 is 2.14. The van der Waals surface area contributed by atoms with Gasteiger partial charge >= 0.3 is 0 Å². The van der Waals surface area contributed by atoms with Gasteiger partial charge in [-0.25, -0.2) is 4.98 Å². The third-order valence-electron chi connectivity index (χ3n) is 3.16. The third-order valence-corrected chi connectivity index (χ3v) is 3.16. The Hall–Kier alpha value is -1.68. The van der Waals surface area contributed by atoms with Crippen LogP contribution in [0, 0.1) is 13.8 Å². The van der Waals surface area contributed by atoms with Crippen LogP contribution in [0.15, 0.2) is 24.7 Å². The number of pyridine rings is 1. The van der Waals surface area contributed by atoms with Gasteiger partial charge in [0.05, 0.1) is 5.69 Å². The van der Waals surface area contributed by atoms with Gasteiger partial charge in [0.25, 0.3) is 0 Å². The molecule has 2 heterocycles. The lowest BCUT2D eigenvalue weighted by atomic mass is 10.1. The molecule has 0 spiro atoms. The molecule has 0 amide bonds. The van der Waals surface area contributed by atoms with Gasteiger partial charge in [-0.05, 0) is 38.9 Å². The first-order valence-corrected chi connectivity index (χ1v) is 6.28. The van der Waals surface area contributed by atoms with Crippen LogP contribution in [0.5, 0.6) is 0 Å². The summed E-state index contributed by atoms with van der Waals surface area (Å²) in [6.45, 7) is 7.19. The zero-order chi connectivity index (χ0) is 13.1. The molecule has 0 aliphatic rings. The van der Waals surface area contributed by atoms with Crippen LogP contribution in [0.1, 0.15) is 35.6 Å². The highest BCUT2D eigenvalue weighted by Gasteiger charge is 2.20. The highest BCUT2D eigenvalue weighted by atomic mass is 15.1. The van der Waals surface area contributed by atoms with E-state index in [0.717, 1.165) is 18.1 Å². The maximum atomic E-state index is 4.56. The standard InChI is InChI=1S/C14H20N4/c1-5-18-7-6-16-14(18)13(15-4)12-11(3)8-10(2)9-17-12/h6-9,13,15H,5H2,1-4H3. The number of hydrogen-bond donors (Lipinski definition) is 1. The summed E-state index contributed by atoms with van der Waals surface area (Å²) in [7, 11) is 1.94. The molecule has 0 aromatic carbocycles. The zero-order valence-electron chi connectivity index (χ0n) is 11.4. The van der Waals surface area contributed by atoms with E-state index in [9.17, 15) is 0 Å². The minimum absolute atomic E-state index is 0.0422. The van der Waals surface area contributed by atoms with E-state index in [2.05, 4.69) is 46.7 Å². The summed E-state index contributed by atoms with van der Waals surface area (Å²) >= 11 is 0. The van der Waals surface area contributed by atoms with E-state index in [1.165, 1.54) is 11.1 Å². The van der Waals surface area contributed by atoms with Gasteiger partial charge in [0.2, 0.25) is 0 Å². The van der Waals surface area contributed by atoms with Gasteiger partial charge in [0, 0.05) is 25.1 Å². The number of rotatable bonds is 4. The molecule has 0 saturated heterocycles. The SMILES string of the molecule is CCn1ccnc1C(NC)c1ncc(C)cc1C. The summed E-state index contributed by atoms with van der Waals surface area (Å²) in [6.07, 6.45) is 5.75. The van der Waals surface area contributed by atoms with Crippen LogP contribution in [0.3, 0.4) is 0 Å². The summed E-state index contributed by atoms with van der Waals surface area (Å²) in [5, 5.41) is 3.31. The molecule has 0 bridgehead atoms. The van der Waals surface area contributed by atoms with Crippen molar-refractivity contribution in [2.24, 2.45) is 0 Å². The van der Waals surface area contributed by atoms with Crippen LogP contribution in [0.4, 0.5) is 0 Å². The summed E-state index contributed by atoms with van der Waals surface area (Å²) in [5.41, 5.74) is 3.42. The molecule has 96 valence electrons. The highest BCUT2D eigenvalue weighted by molar-refractivity contribution is 5.29. The second kappa shape index (κ2) is 5.31. The average molecular weight is 244 g/mol. The summed E-state index contributed by atoms with van der Waals surface area (Å²) in [4.78, 5) is 9.02. The highest BCUT2D eigenvalue weighted by Crippen LogP contribution is 2.22. The number of aromatic nitrogens is 3. The fourth-order valence-corrected chi connectivity index (χ4v) is 2.26. The lowest BCUT2D eigenvalue weighted by molar-refractivity contribution is 0.576. The topological polar surface area (TPSA) is 42.7 Å². The normalized spacial score (nSPS) is 12.7. The third kappa shape index (κ3) is 2.29. The second-order valence-electron chi connectivity index (χ2n) is 4.51. The number of aryl methyl sites for hydroxylation is 3. The molecule has 1 N–H and O–H groups in total. The number of hydrogen-bond acceptors (Lipinski definition) is 3. The molecule has 0 saturated carbocycles. The van der Waals surface area contributed by atoms with Gasteiger partial charge in [0.15, 0.2) is 0 Å². The Bertz CT molecular complexity index is 530. The fraction of sp³-hybridized carbons (Fsp3) is 0.429. The van der Waals surface area contributed by atoms with Crippen molar-refractivity contribution in [3.8, 4) is 0 Å². The molecule has 4 nitrogen and oxygen atoms in total. The van der Waals surface area contributed by atoms with Crippen molar-refractivity contribution in [1.82, 2.24) is 19.9 Å². The van der Waals surface area contributed by atoms with Gasteiger partial charge in [-0.1, -0.05) is 6.07 Å². The Morgan fingerprint density at radius 1 is 1.33 bits per heavy atom. The van der Waals surface area contributed by atoms with Crippen molar-refractivity contribution < 1.29 is 0 Å². The van der Waals surface area contributed by atoms with Crippen LogP contribution < -0.4 is 5.32 Å².